The first-order valence-corrected chi connectivity index (χ1v) is 11.5. The summed E-state index contributed by atoms with van der Waals surface area (Å²) < 4.78 is 20.9. The fourth-order valence-electron chi connectivity index (χ4n) is 3.39. The van der Waals surface area contributed by atoms with Gasteiger partial charge in [-0.25, -0.2) is 9.37 Å². The van der Waals surface area contributed by atoms with E-state index in [0.717, 1.165) is 32.5 Å². The third-order valence-corrected chi connectivity index (χ3v) is 6.84. The van der Waals surface area contributed by atoms with Gasteiger partial charge in [0.1, 0.15) is 10.7 Å². The molecule has 31 heavy (non-hydrogen) atoms. The summed E-state index contributed by atoms with van der Waals surface area (Å²) in [5.41, 5.74) is 4.36. The molecule has 1 aromatic carbocycles. The average molecular weight is 457 g/mol. The van der Waals surface area contributed by atoms with E-state index in [0.29, 0.717) is 23.2 Å². The first-order valence-electron chi connectivity index (χ1n) is 9.67. The van der Waals surface area contributed by atoms with Crippen molar-refractivity contribution in [2.45, 2.75) is 39.5 Å². The summed E-state index contributed by atoms with van der Waals surface area (Å²) in [7, 11) is 0. The minimum Gasteiger partial charge on any atom is -0.410 e. The largest absolute Gasteiger partial charge is 0.410 e. The molecule has 9 heteroatoms. The molecule has 0 fully saturated rings. The lowest BCUT2D eigenvalue weighted by atomic mass is 10.2. The highest BCUT2D eigenvalue weighted by Crippen LogP contribution is 2.31. The molecule has 4 rings (SSSR count). The fraction of sp³-hybridized carbons (Fsp3) is 0.273. The van der Waals surface area contributed by atoms with Crippen LogP contribution in [-0.4, -0.2) is 31.3 Å². The van der Waals surface area contributed by atoms with Gasteiger partial charge in [-0.15, -0.1) is 21.5 Å². The first-order chi connectivity index (χ1) is 14.8. The van der Waals surface area contributed by atoms with Crippen molar-refractivity contribution in [2.24, 2.45) is 0 Å². The number of aromatic nitrogens is 4. The summed E-state index contributed by atoms with van der Waals surface area (Å²) in [6, 6.07) is 8.29. The number of carbonyl (C=O) groups excluding carboxylic acids is 1. The smallest absolute Gasteiger partial charge is 0.277 e. The van der Waals surface area contributed by atoms with E-state index in [9.17, 15) is 9.18 Å². The van der Waals surface area contributed by atoms with E-state index >= 15 is 0 Å². The molecule has 3 heterocycles. The Hall–Kier alpha value is -2.78. The molecule has 160 valence electrons. The molecule has 0 amide bonds. The van der Waals surface area contributed by atoms with Crippen LogP contribution in [0.4, 0.5) is 4.39 Å². The van der Waals surface area contributed by atoms with Gasteiger partial charge >= 0.3 is 0 Å². The van der Waals surface area contributed by atoms with Gasteiger partial charge in [-0.1, -0.05) is 23.9 Å². The highest BCUT2D eigenvalue weighted by atomic mass is 32.2. The number of carbonyl (C=O) groups is 1. The van der Waals surface area contributed by atoms with E-state index in [1.165, 1.54) is 35.2 Å². The number of hydrogen-bond donors (Lipinski definition) is 0. The fourth-order valence-corrected chi connectivity index (χ4v) is 4.88. The Morgan fingerprint density at radius 3 is 2.58 bits per heavy atom. The van der Waals surface area contributed by atoms with E-state index < -0.39 is 0 Å². The minimum absolute atomic E-state index is 0.00646. The topological polar surface area (TPSA) is 73.8 Å². The molecule has 0 saturated heterocycles. The molecular weight excluding hydrogens is 435 g/mol. The Labute approximate surface area is 187 Å². The molecule has 0 radical (unpaired) electrons. The Morgan fingerprint density at radius 2 is 1.90 bits per heavy atom. The zero-order valence-electron chi connectivity index (χ0n) is 17.6. The van der Waals surface area contributed by atoms with Gasteiger partial charge in [-0.3, -0.25) is 4.79 Å². The van der Waals surface area contributed by atoms with Crippen molar-refractivity contribution in [3.63, 3.8) is 0 Å². The van der Waals surface area contributed by atoms with Gasteiger partial charge in [0.15, 0.2) is 5.78 Å². The SMILES string of the molecule is Cc1nc(C)c(-c2nnc(SCC(=O)c3cc(C)n(Cc4ccc(F)cc4)c3C)o2)s1. The van der Waals surface area contributed by atoms with Crippen molar-refractivity contribution in [1.82, 2.24) is 19.7 Å². The van der Waals surface area contributed by atoms with Gasteiger partial charge < -0.3 is 8.98 Å². The van der Waals surface area contributed by atoms with Crippen LogP contribution in [0.1, 0.15) is 38.0 Å². The lowest BCUT2D eigenvalue weighted by molar-refractivity contribution is 0.102. The van der Waals surface area contributed by atoms with Crippen molar-refractivity contribution in [1.29, 1.82) is 0 Å². The molecule has 0 aliphatic rings. The van der Waals surface area contributed by atoms with Crippen LogP contribution < -0.4 is 0 Å². The van der Waals surface area contributed by atoms with Crippen molar-refractivity contribution in [3.8, 4) is 10.8 Å². The quantitative estimate of drug-likeness (QED) is 0.274. The van der Waals surface area contributed by atoms with Gasteiger partial charge in [0.05, 0.1) is 16.5 Å². The molecule has 6 nitrogen and oxygen atoms in total. The molecule has 4 aromatic rings. The number of benzene rings is 1. The second kappa shape index (κ2) is 8.76. The Morgan fingerprint density at radius 1 is 1.16 bits per heavy atom. The molecule has 0 N–H and O–H groups in total. The number of hydrogen-bond acceptors (Lipinski definition) is 7. The second-order valence-electron chi connectivity index (χ2n) is 7.23. The van der Waals surface area contributed by atoms with Gasteiger partial charge in [-0.05, 0) is 51.5 Å². The maximum atomic E-state index is 13.2. The van der Waals surface area contributed by atoms with E-state index in [-0.39, 0.29) is 17.4 Å². The molecule has 0 saturated carbocycles. The van der Waals surface area contributed by atoms with Gasteiger partial charge in [0, 0.05) is 23.5 Å². The van der Waals surface area contributed by atoms with Crippen LogP contribution in [0, 0.1) is 33.5 Å². The van der Waals surface area contributed by atoms with E-state index in [1.807, 2.05) is 33.8 Å². The normalized spacial score (nSPS) is 11.3. The molecular formula is C22H21FN4O2S2. The number of Topliss-reactive ketones (excluding diaryl/α,β-unsaturated/α-hetero) is 1. The van der Waals surface area contributed by atoms with Crippen LogP contribution in [0.5, 0.6) is 0 Å². The van der Waals surface area contributed by atoms with Crippen LogP contribution in [0.2, 0.25) is 0 Å². The Bertz CT molecular complexity index is 1240. The van der Waals surface area contributed by atoms with Crippen LogP contribution in [0.25, 0.3) is 10.8 Å². The lowest BCUT2D eigenvalue weighted by Gasteiger charge is -2.10. The van der Waals surface area contributed by atoms with Crippen molar-refractivity contribution >= 4 is 28.9 Å². The van der Waals surface area contributed by atoms with E-state index in [1.54, 1.807) is 12.1 Å². The summed E-state index contributed by atoms with van der Waals surface area (Å²) in [4.78, 5) is 18.1. The summed E-state index contributed by atoms with van der Waals surface area (Å²) >= 11 is 2.73. The summed E-state index contributed by atoms with van der Waals surface area (Å²) in [5, 5.41) is 9.44. The monoisotopic (exact) mass is 456 g/mol. The number of halogens is 1. The number of thioether (sulfide) groups is 1. The molecule has 0 aliphatic heterocycles. The number of aryl methyl sites for hydroxylation is 3. The first kappa shape index (κ1) is 21.5. The highest BCUT2D eigenvalue weighted by molar-refractivity contribution is 7.99. The van der Waals surface area contributed by atoms with Crippen LogP contribution in [0.3, 0.4) is 0 Å². The highest BCUT2D eigenvalue weighted by Gasteiger charge is 2.19. The molecule has 0 bridgehead atoms. The Balaban J connectivity index is 1.44. The zero-order chi connectivity index (χ0) is 22.1. The lowest BCUT2D eigenvalue weighted by Crippen LogP contribution is -2.07. The average Bonchev–Trinajstić information content (AvgIpc) is 3.41. The van der Waals surface area contributed by atoms with Crippen molar-refractivity contribution < 1.29 is 13.6 Å². The van der Waals surface area contributed by atoms with E-state index in [4.69, 9.17) is 4.42 Å². The Kier molecular flexibility index (Phi) is 6.06. The standard InChI is InChI=1S/C22H21FN4O2S2/c1-12-9-18(14(3)27(12)10-16-5-7-17(23)8-6-16)19(28)11-30-22-26-25-21(29-22)20-13(2)24-15(4)31-20/h5-9H,10-11H2,1-4H3. The number of nitrogens with zero attached hydrogens (tertiary/aromatic N) is 4. The minimum atomic E-state index is -0.262. The van der Waals surface area contributed by atoms with E-state index in [2.05, 4.69) is 19.7 Å². The van der Waals surface area contributed by atoms with Gasteiger partial charge in [0.25, 0.3) is 11.1 Å². The summed E-state index contributed by atoms with van der Waals surface area (Å²) in [5.74, 6) is 0.356. The van der Waals surface area contributed by atoms with Gasteiger partial charge in [0.2, 0.25) is 0 Å². The summed E-state index contributed by atoms with van der Waals surface area (Å²) in [6.07, 6.45) is 0. The zero-order valence-corrected chi connectivity index (χ0v) is 19.2. The summed E-state index contributed by atoms with van der Waals surface area (Å²) in [6.45, 7) is 8.30. The van der Waals surface area contributed by atoms with Crippen molar-refractivity contribution in [3.05, 3.63) is 69.4 Å². The third kappa shape index (κ3) is 4.62. The van der Waals surface area contributed by atoms with Crippen LogP contribution >= 0.6 is 23.1 Å². The molecule has 0 spiro atoms. The maximum Gasteiger partial charge on any atom is 0.277 e. The number of ketones is 1. The molecule has 0 atom stereocenters. The van der Waals surface area contributed by atoms with Crippen LogP contribution in [-0.2, 0) is 6.54 Å². The predicted molar refractivity (Wildman–Crippen MR) is 119 cm³/mol. The number of rotatable bonds is 7. The van der Waals surface area contributed by atoms with Gasteiger partial charge in [-0.2, -0.15) is 0 Å². The maximum absolute atomic E-state index is 13.2. The predicted octanol–water partition coefficient (Wildman–Crippen LogP) is 5.39. The molecule has 3 aromatic heterocycles. The van der Waals surface area contributed by atoms with Crippen molar-refractivity contribution in [2.75, 3.05) is 5.75 Å². The molecule has 0 unspecified atom stereocenters. The number of thiazole rings is 1. The third-order valence-electron chi connectivity index (χ3n) is 4.96. The van der Waals surface area contributed by atoms with Crippen LogP contribution in [0.15, 0.2) is 40.0 Å². The molecule has 0 aliphatic carbocycles. The second-order valence-corrected chi connectivity index (χ2v) is 9.36.